The number of carbonyl (C=O) groups is 10. The van der Waals surface area contributed by atoms with Crippen molar-refractivity contribution in [1.82, 2.24) is 51.6 Å². The second-order valence-electron chi connectivity index (χ2n) is 18.8. The number of unbranched alkanes of at least 4 members (excludes halogenated alkanes) is 1. The quantitative estimate of drug-likeness (QED) is 0.0289. The second-order valence-corrected chi connectivity index (χ2v) is 19.9. The number of aromatic nitrogens is 1. The maximum absolute atomic E-state index is 14.3. The van der Waals surface area contributed by atoms with Crippen molar-refractivity contribution >= 4 is 82.2 Å². The number of rotatable bonds is 32. The fourth-order valence-electron chi connectivity index (χ4n) is 8.78. The van der Waals surface area contributed by atoms with Gasteiger partial charge in [0.1, 0.15) is 42.2 Å². The van der Waals surface area contributed by atoms with E-state index in [4.69, 9.17) is 5.73 Å². The van der Waals surface area contributed by atoms with Crippen LogP contribution in [0.15, 0.2) is 54.7 Å². The standard InChI is InChI=1S/C52H75N11O12S/c1-5-6-14-43(62(4)46(68)30-61(3)51(74)42(27-34-28-56-38-13-8-7-12-37(34)38)60-49(72)40(21-22-53)57-44(66)29-54-2)50(73)59-39(19-20-47(69)70)48(71)55-23-25-76-32-45(67)58-41(26-33-15-17-36(65)18-16-33)52(75)63-24-10-9-11-35(63)31-64/h7-8,12-13,15-18,28,31,35,39-43,54,56,65H,5-6,9-11,14,19-27,29-30,32,53H2,1-4H3,(H,55,71)(H,57,66)(H,58,67)(H,59,73)(H,60,72)(H,69,70)/t35?,39?,40?,41?,42?,43-/m0/s1. The van der Waals surface area contributed by atoms with Crippen LogP contribution in [0.3, 0.4) is 0 Å². The van der Waals surface area contributed by atoms with Gasteiger partial charge in [-0.2, -0.15) is 11.8 Å². The lowest BCUT2D eigenvalue weighted by molar-refractivity contribution is -0.145. The Hall–Kier alpha value is -7.05. The number of nitrogens with zero attached hydrogens (tertiary/aromatic N) is 3. The Balaban J connectivity index is 1.40. The number of fused-ring (bicyclic) bond motifs is 1. The van der Waals surface area contributed by atoms with Crippen LogP contribution in [0.4, 0.5) is 0 Å². The van der Waals surface area contributed by atoms with E-state index in [1.54, 1.807) is 25.4 Å². The molecule has 1 saturated heterocycles. The minimum Gasteiger partial charge on any atom is -0.508 e. The number of aromatic hydroxyl groups is 1. The number of likely N-dealkylation sites (tertiary alicyclic amines) is 1. The summed E-state index contributed by atoms with van der Waals surface area (Å²) < 4.78 is 0. The Morgan fingerprint density at radius 2 is 1.55 bits per heavy atom. The summed E-state index contributed by atoms with van der Waals surface area (Å²) in [7, 11) is 4.34. The van der Waals surface area contributed by atoms with Crippen molar-refractivity contribution in [3.63, 3.8) is 0 Å². The molecule has 24 heteroatoms. The zero-order valence-corrected chi connectivity index (χ0v) is 44.6. The Morgan fingerprint density at radius 1 is 0.855 bits per heavy atom. The first-order chi connectivity index (χ1) is 36.4. The average Bonchev–Trinajstić information content (AvgIpc) is 3.81. The van der Waals surface area contributed by atoms with E-state index < -0.39 is 102 Å². The molecule has 6 atom stereocenters. The molecule has 5 unspecified atom stereocenters. The molecule has 0 spiro atoms. The summed E-state index contributed by atoms with van der Waals surface area (Å²) in [5.74, 6) is -5.76. The molecule has 4 rings (SSSR count). The first-order valence-corrected chi connectivity index (χ1v) is 26.8. The third-order valence-electron chi connectivity index (χ3n) is 13.0. The Labute approximate surface area is 446 Å². The third-order valence-corrected chi connectivity index (χ3v) is 13.9. The van der Waals surface area contributed by atoms with Gasteiger partial charge < -0.3 is 72.3 Å². The number of hydrogen-bond donors (Lipinski definition) is 10. The van der Waals surface area contributed by atoms with Crippen LogP contribution in [0.2, 0.25) is 0 Å². The lowest BCUT2D eigenvalue weighted by Gasteiger charge is -2.35. The zero-order chi connectivity index (χ0) is 55.7. The van der Waals surface area contributed by atoms with Crippen LogP contribution in [-0.4, -0.2) is 191 Å². The molecule has 0 bridgehead atoms. The number of benzene rings is 2. The van der Waals surface area contributed by atoms with Crippen LogP contribution < -0.4 is 37.6 Å². The number of nitrogens with one attached hydrogen (secondary N) is 7. The summed E-state index contributed by atoms with van der Waals surface area (Å²) in [6.45, 7) is 1.74. The van der Waals surface area contributed by atoms with E-state index in [-0.39, 0.29) is 69.0 Å². The van der Waals surface area contributed by atoms with Gasteiger partial charge >= 0.3 is 5.97 Å². The number of carboxylic acid groups (broad SMARTS) is 1. The number of phenolic OH excluding ortho intramolecular Hbond substituents is 1. The van der Waals surface area contributed by atoms with Crippen molar-refractivity contribution in [1.29, 1.82) is 0 Å². The van der Waals surface area contributed by atoms with Crippen LogP contribution in [-0.2, 0) is 60.8 Å². The van der Waals surface area contributed by atoms with Crippen molar-refractivity contribution in [2.75, 3.05) is 65.4 Å². The largest absolute Gasteiger partial charge is 0.508 e. The highest BCUT2D eigenvalue weighted by Gasteiger charge is 2.35. The van der Waals surface area contributed by atoms with E-state index in [0.29, 0.717) is 36.9 Å². The first kappa shape index (κ1) is 61.5. The molecule has 11 N–H and O–H groups in total. The predicted molar refractivity (Wildman–Crippen MR) is 285 cm³/mol. The molecule has 1 aliphatic rings. The first-order valence-electron chi connectivity index (χ1n) is 25.6. The Bertz CT molecular complexity index is 2460. The number of phenols is 1. The number of nitrogens with two attached hydrogens (primary N) is 1. The highest BCUT2D eigenvalue weighted by Crippen LogP contribution is 2.22. The number of aliphatic carboxylic acids is 1. The maximum atomic E-state index is 14.3. The Morgan fingerprint density at radius 3 is 2.24 bits per heavy atom. The molecular weight excluding hydrogens is 1000 g/mol. The molecule has 1 aromatic heterocycles. The monoisotopic (exact) mass is 1080 g/mol. The highest BCUT2D eigenvalue weighted by molar-refractivity contribution is 7.99. The topological polar surface area (TPSA) is 335 Å². The van der Waals surface area contributed by atoms with E-state index in [0.717, 1.165) is 46.7 Å². The molecule has 0 radical (unpaired) electrons. The number of carbonyl (C=O) groups excluding carboxylic acids is 9. The van der Waals surface area contributed by atoms with Crippen LogP contribution in [0.25, 0.3) is 10.9 Å². The predicted octanol–water partition coefficient (Wildman–Crippen LogP) is -0.0641. The highest BCUT2D eigenvalue weighted by atomic mass is 32.2. The van der Waals surface area contributed by atoms with Crippen molar-refractivity contribution in [2.45, 2.75) is 114 Å². The van der Waals surface area contributed by atoms with E-state index in [9.17, 15) is 58.2 Å². The molecule has 0 aliphatic carbocycles. The SMILES string of the molecule is CCCC[C@@H](C(=O)NC(CCC(=O)O)C(=O)NCCSCC(=O)NC(Cc1ccc(O)cc1)C(=O)N1CCCCC1C=O)N(C)C(=O)CN(C)C(=O)C(Cc1c[nH]c2ccccc12)NC(=O)C(CCN)NC(=O)CNC. The number of aromatic amines is 1. The van der Waals surface area contributed by atoms with Gasteiger partial charge in [-0.3, -0.25) is 43.2 Å². The minimum atomic E-state index is -1.33. The summed E-state index contributed by atoms with van der Waals surface area (Å²) >= 11 is 1.15. The molecule has 0 saturated carbocycles. The van der Waals surface area contributed by atoms with Crippen LogP contribution in [0.5, 0.6) is 5.75 Å². The van der Waals surface area contributed by atoms with E-state index in [1.807, 2.05) is 31.2 Å². The van der Waals surface area contributed by atoms with Gasteiger partial charge in [0.15, 0.2) is 0 Å². The van der Waals surface area contributed by atoms with E-state index in [2.05, 4.69) is 36.9 Å². The molecule has 76 heavy (non-hydrogen) atoms. The van der Waals surface area contributed by atoms with Crippen LogP contribution in [0.1, 0.15) is 75.8 Å². The fourth-order valence-corrected chi connectivity index (χ4v) is 9.44. The molecule has 3 aromatic rings. The number of likely N-dealkylation sites (N-methyl/N-ethyl adjacent to an activating group) is 3. The minimum absolute atomic E-state index is 0.00719. The molecule has 416 valence electrons. The molecular formula is C52H75N11O12S. The van der Waals surface area contributed by atoms with Crippen molar-refractivity contribution < 1.29 is 58.2 Å². The number of aldehydes is 1. The van der Waals surface area contributed by atoms with Crippen LogP contribution >= 0.6 is 11.8 Å². The normalized spacial score (nSPS) is 15.2. The molecule has 2 aromatic carbocycles. The van der Waals surface area contributed by atoms with Gasteiger partial charge in [-0.1, -0.05) is 50.1 Å². The summed E-state index contributed by atoms with van der Waals surface area (Å²) in [5.41, 5.74) is 7.95. The summed E-state index contributed by atoms with van der Waals surface area (Å²) in [6.07, 6.45) is 5.21. The van der Waals surface area contributed by atoms with Crippen molar-refractivity contribution in [3.05, 3.63) is 65.9 Å². The van der Waals surface area contributed by atoms with Gasteiger partial charge in [0.05, 0.1) is 24.9 Å². The summed E-state index contributed by atoms with van der Waals surface area (Å²) in [5, 5.41) is 36.3. The number of carboxylic acids is 1. The van der Waals surface area contributed by atoms with Gasteiger partial charge in [-0.25, -0.2) is 0 Å². The molecule has 2 heterocycles. The van der Waals surface area contributed by atoms with Gasteiger partial charge in [-0.15, -0.1) is 0 Å². The smallest absolute Gasteiger partial charge is 0.303 e. The summed E-state index contributed by atoms with van der Waals surface area (Å²) in [4.78, 5) is 139. The number of amides is 8. The molecule has 23 nitrogen and oxygen atoms in total. The number of thioether (sulfide) groups is 1. The average molecular weight is 1080 g/mol. The third kappa shape index (κ3) is 19.3. The van der Waals surface area contributed by atoms with Crippen molar-refractivity contribution in [3.8, 4) is 5.75 Å². The zero-order valence-electron chi connectivity index (χ0n) is 43.8. The van der Waals surface area contributed by atoms with E-state index >= 15 is 0 Å². The van der Waals surface area contributed by atoms with Crippen LogP contribution in [0, 0.1) is 0 Å². The second kappa shape index (κ2) is 31.7. The molecule has 1 aliphatic heterocycles. The molecule has 8 amide bonds. The van der Waals surface area contributed by atoms with Crippen molar-refractivity contribution in [2.24, 2.45) is 5.73 Å². The summed E-state index contributed by atoms with van der Waals surface area (Å²) in [6, 6.07) is 7.26. The van der Waals surface area contributed by atoms with E-state index in [1.165, 1.54) is 36.0 Å². The number of piperidine rings is 1. The van der Waals surface area contributed by atoms with Gasteiger partial charge in [0.25, 0.3) is 0 Å². The number of hydrogen-bond acceptors (Lipinski definition) is 14. The maximum Gasteiger partial charge on any atom is 0.303 e. The van der Waals surface area contributed by atoms with Gasteiger partial charge in [-0.05, 0) is 81.4 Å². The molecule has 1 fully saturated rings. The lowest BCUT2D eigenvalue weighted by Crippen LogP contribution is -2.57. The number of para-hydroxylation sites is 1. The van der Waals surface area contributed by atoms with Gasteiger partial charge in [0, 0.05) is 69.3 Å². The fraction of sp³-hybridized carbons (Fsp3) is 0.538. The Kier molecular flexibility index (Phi) is 25.7. The number of H-pyrrole nitrogens is 1. The van der Waals surface area contributed by atoms with Gasteiger partial charge in [0.2, 0.25) is 47.3 Å². The lowest BCUT2D eigenvalue weighted by atomic mass is 9.99.